The normalized spacial score (nSPS) is 10.9. The van der Waals surface area contributed by atoms with Gasteiger partial charge >= 0.3 is 0 Å². The van der Waals surface area contributed by atoms with Crippen molar-refractivity contribution in [2.45, 2.75) is 19.8 Å². The molecule has 0 bridgehead atoms. The zero-order valence-electron chi connectivity index (χ0n) is 15.8. The largest absolute Gasteiger partial charge is 0.248 e. The van der Waals surface area contributed by atoms with Gasteiger partial charge in [-0.3, -0.25) is 0 Å². The average Bonchev–Trinajstić information content (AvgIpc) is 2.75. The fourth-order valence-electron chi connectivity index (χ4n) is 3.29. The van der Waals surface area contributed by atoms with Crippen LogP contribution in [-0.2, 0) is 0 Å². The molecular formula is C26H23N. The minimum absolute atomic E-state index is 0.508. The number of rotatable bonds is 4. The lowest BCUT2D eigenvalue weighted by Gasteiger charge is -2.12. The van der Waals surface area contributed by atoms with E-state index in [0.29, 0.717) is 5.92 Å². The molecule has 0 amide bonds. The monoisotopic (exact) mass is 349 g/mol. The summed E-state index contributed by atoms with van der Waals surface area (Å²) in [5, 5.41) is 0. The minimum Gasteiger partial charge on any atom is -0.248 e. The van der Waals surface area contributed by atoms with Crippen LogP contribution in [-0.4, -0.2) is 4.98 Å². The topological polar surface area (TPSA) is 12.9 Å². The Kier molecular flexibility index (Phi) is 4.84. The van der Waals surface area contributed by atoms with Gasteiger partial charge in [-0.25, -0.2) is 4.98 Å². The number of hydrogen-bond donors (Lipinski definition) is 0. The van der Waals surface area contributed by atoms with Gasteiger partial charge in [0.2, 0.25) is 0 Å². The number of benzene rings is 3. The quantitative estimate of drug-likeness (QED) is 0.379. The predicted octanol–water partition coefficient (Wildman–Crippen LogP) is 7.21. The summed E-state index contributed by atoms with van der Waals surface area (Å²) in [6, 6.07) is 34.0. The molecule has 4 rings (SSSR count). The average molecular weight is 349 g/mol. The van der Waals surface area contributed by atoms with Gasteiger partial charge in [-0.1, -0.05) is 98.8 Å². The second-order valence-corrected chi connectivity index (χ2v) is 7.14. The van der Waals surface area contributed by atoms with E-state index in [-0.39, 0.29) is 0 Å². The lowest BCUT2D eigenvalue weighted by Crippen LogP contribution is -1.92. The van der Waals surface area contributed by atoms with E-state index >= 15 is 0 Å². The van der Waals surface area contributed by atoms with E-state index in [1.807, 2.05) is 12.1 Å². The first-order valence-corrected chi connectivity index (χ1v) is 9.44. The minimum atomic E-state index is 0.508. The summed E-state index contributed by atoms with van der Waals surface area (Å²) < 4.78 is 0. The highest BCUT2D eigenvalue weighted by molar-refractivity contribution is 5.76. The molecule has 0 N–H and O–H groups in total. The van der Waals surface area contributed by atoms with E-state index in [2.05, 4.69) is 98.8 Å². The zero-order chi connectivity index (χ0) is 18.6. The fraction of sp³-hybridized carbons (Fsp3) is 0.115. The van der Waals surface area contributed by atoms with Crippen LogP contribution >= 0.6 is 0 Å². The van der Waals surface area contributed by atoms with E-state index < -0.39 is 0 Å². The smallest absolute Gasteiger partial charge is 0.0715 e. The molecular weight excluding hydrogens is 326 g/mol. The van der Waals surface area contributed by atoms with Crippen molar-refractivity contribution < 1.29 is 0 Å². The standard InChI is InChI=1S/C26H23N/c1-19(2)22-14-9-15-23(16-22)24-17-25(20-10-5-3-6-11-20)27-26(18-24)21-12-7-4-8-13-21/h3-19H,1-2H3. The van der Waals surface area contributed by atoms with Crippen molar-refractivity contribution in [3.8, 4) is 33.6 Å². The van der Waals surface area contributed by atoms with Crippen molar-refractivity contribution in [2.75, 3.05) is 0 Å². The Hall–Kier alpha value is -3.19. The van der Waals surface area contributed by atoms with Crippen LogP contribution in [0.15, 0.2) is 97.1 Å². The summed E-state index contributed by atoms with van der Waals surface area (Å²) in [6.45, 7) is 4.47. The third kappa shape index (κ3) is 3.83. The molecule has 1 heteroatoms. The molecule has 3 aromatic carbocycles. The van der Waals surface area contributed by atoms with Crippen molar-refractivity contribution in [2.24, 2.45) is 0 Å². The fourth-order valence-corrected chi connectivity index (χ4v) is 3.29. The molecule has 27 heavy (non-hydrogen) atoms. The molecule has 0 aliphatic rings. The van der Waals surface area contributed by atoms with E-state index in [0.717, 1.165) is 22.5 Å². The second-order valence-electron chi connectivity index (χ2n) is 7.14. The molecule has 0 fully saturated rings. The van der Waals surface area contributed by atoms with Crippen molar-refractivity contribution >= 4 is 0 Å². The Balaban J connectivity index is 1.90. The zero-order valence-corrected chi connectivity index (χ0v) is 15.8. The van der Waals surface area contributed by atoms with E-state index in [4.69, 9.17) is 4.98 Å². The molecule has 1 aromatic heterocycles. The van der Waals surface area contributed by atoms with Gasteiger partial charge in [-0.2, -0.15) is 0 Å². The highest BCUT2D eigenvalue weighted by atomic mass is 14.7. The third-order valence-corrected chi connectivity index (χ3v) is 4.85. The Morgan fingerprint density at radius 3 is 1.56 bits per heavy atom. The summed E-state index contributed by atoms with van der Waals surface area (Å²) >= 11 is 0. The Labute approximate surface area is 161 Å². The number of pyridine rings is 1. The lowest BCUT2D eigenvalue weighted by atomic mass is 9.95. The van der Waals surface area contributed by atoms with Gasteiger partial charge in [0.1, 0.15) is 0 Å². The third-order valence-electron chi connectivity index (χ3n) is 4.85. The lowest BCUT2D eigenvalue weighted by molar-refractivity contribution is 0.867. The Morgan fingerprint density at radius 1 is 0.519 bits per heavy atom. The summed E-state index contributed by atoms with van der Waals surface area (Å²) in [5.74, 6) is 0.508. The maximum absolute atomic E-state index is 4.96. The van der Waals surface area contributed by atoms with Crippen LogP contribution in [0.5, 0.6) is 0 Å². The van der Waals surface area contributed by atoms with Crippen LogP contribution in [0, 0.1) is 0 Å². The molecule has 0 radical (unpaired) electrons. The number of hydrogen-bond acceptors (Lipinski definition) is 1. The van der Waals surface area contributed by atoms with Crippen LogP contribution in [0.4, 0.5) is 0 Å². The molecule has 0 atom stereocenters. The van der Waals surface area contributed by atoms with Crippen molar-refractivity contribution in [1.82, 2.24) is 4.98 Å². The van der Waals surface area contributed by atoms with Gasteiger partial charge in [0.15, 0.2) is 0 Å². The molecule has 0 aliphatic carbocycles. The van der Waals surface area contributed by atoms with Crippen LogP contribution in [0.2, 0.25) is 0 Å². The first-order valence-electron chi connectivity index (χ1n) is 9.44. The van der Waals surface area contributed by atoms with Gasteiger partial charge in [0.05, 0.1) is 11.4 Å². The second kappa shape index (κ2) is 7.59. The predicted molar refractivity (Wildman–Crippen MR) is 115 cm³/mol. The van der Waals surface area contributed by atoms with Gasteiger partial charge in [0.25, 0.3) is 0 Å². The molecule has 0 saturated carbocycles. The summed E-state index contributed by atoms with van der Waals surface area (Å²) in [7, 11) is 0. The highest BCUT2D eigenvalue weighted by Gasteiger charge is 2.09. The van der Waals surface area contributed by atoms with E-state index in [1.54, 1.807) is 0 Å². The SMILES string of the molecule is CC(C)c1cccc(-c2cc(-c3ccccc3)nc(-c3ccccc3)c2)c1. The molecule has 0 spiro atoms. The van der Waals surface area contributed by atoms with E-state index in [9.17, 15) is 0 Å². The van der Waals surface area contributed by atoms with Gasteiger partial charge < -0.3 is 0 Å². The van der Waals surface area contributed by atoms with Crippen molar-refractivity contribution in [1.29, 1.82) is 0 Å². The molecule has 132 valence electrons. The van der Waals surface area contributed by atoms with Crippen molar-refractivity contribution in [3.63, 3.8) is 0 Å². The van der Waals surface area contributed by atoms with Gasteiger partial charge in [-0.15, -0.1) is 0 Å². The molecule has 4 aromatic rings. The van der Waals surface area contributed by atoms with Crippen LogP contribution in [0.1, 0.15) is 25.3 Å². The maximum Gasteiger partial charge on any atom is 0.0715 e. The molecule has 0 aliphatic heterocycles. The van der Waals surface area contributed by atoms with Crippen LogP contribution in [0.25, 0.3) is 33.6 Å². The number of nitrogens with zero attached hydrogens (tertiary/aromatic N) is 1. The summed E-state index contributed by atoms with van der Waals surface area (Å²) in [6.07, 6.45) is 0. The first kappa shape index (κ1) is 17.2. The molecule has 0 unspecified atom stereocenters. The Morgan fingerprint density at radius 2 is 1.04 bits per heavy atom. The molecule has 0 saturated heterocycles. The van der Waals surface area contributed by atoms with Gasteiger partial charge in [-0.05, 0) is 34.7 Å². The molecule has 1 heterocycles. The highest BCUT2D eigenvalue weighted by Crippen LogP contribution is 2.31. The van der Waals surface area contributed by atoms with Crippen LogP contribution in [0.3, 0.4) is 0 Å². The first-order chi connectivity index (χ1) is 13.2. The van der Waals surface area contributed by atoms with Gasteiger partial charge in [0, 0.05) is 11.1 Å². The van der Waals surface area contributed by atoms with Crippen molar-refractivity contribution in [3.05, 3.63) is 103 Å². The number of aromatic nitrogens is 1. The summed E-state index contributed by atoms with van der Waals surface area (Å²) in [4.78, 5) is 4.96. The maximum atomic E-state index is 4.96. The summed E-state index contributed by atoms with van der Waals surface area (Å²) in [5.41, 5.74) is 8.06. The van der Waals surface area contributed by atoms with E-state index in [1.165, 1.54) is 16.7 Å². The Bertz CT molecular complexity index is 976. The molecule has 1 nitrogen and oxygen atoms in total. The van der Waals surface area contributed by atoms with Crippen LogP contribution < -0.4 is 0 Å².